The maximum absolute atomic E-state index is 11.8. The van der Waals surface area contributed by atoms with Gasteiger partial charge >= 0.3 is 5.97 Å². The van der Waals surface area contributed by atoms with Gasteiger partial charge < -0.3 is 21.1 Å². The summed E-state index contributed by atoms with van der Waals surface area (Å²) in [5.74, 6) is -1.61. The van der Waals surface area contributed by atoms with Crippen LogP contribution in [0, 0.1) is 0 Å². The number of hydrogen-bond donors (Lipinski definition) is 4. The van der Waals surface area contributed by atoms with Crippen molar-refractivity contribution >= 4 is 23.6 Å². The number of carboxylic acid groups (broad SMARTS) is 1. The topological polar surface area (TPSA) is 124 Å². The highest BCUT2D eigenvalue weighted by molar-refractivity contribution is 8.00. The Morgan fingerprint density at radius 2 is 2.09 bits per heavy atom. The van der Waals surface area contributed by atoms with E-state index < -0.39 is 12.0 Å². The Kier molecular flexibility index (Phi) is 3.50. The normalized spacial score (nSPS) is 24.0. The maximum Gasteiger partial charge on any atom is 0.352 e. The van der Waals surface area contributed by atoms with Crippen molar-refractivity contribution in [3.8, 4) is 11.5 Å². The van der Waals surface area contributed by atoms with E-state index in [-0.39, 0.29) is 34.9 Å². The Balaban J connectivity index is 1.94. The van der Waals surface area contributed by atoms with E-state index in [1.165, 1.54) is 28.8 Å². The number of amides is 1. The first-order valence-corrected chi connectivity index (χ1v) is 7.61. The minimum absolute atomic E-state index is 0.0250. The smallest absolute Gasteiger partial charge is 0.352 e. The van der Waals surface area contributed by atoms with Gasteiger partial charge in [-0.25, -0.2) is 4.79 Å². The second-order valence-corrected chi connectivity index (χ2v) is 6.30. The largest absolute Gasteiger partial charge is 0.504 e. The number of hydrogen-bond acceptors (Lipinski definition) is 6. The van der Waals surface area contributed by atoms with Crippen molar-refractivity contribution in [2.24, 2.45) is 5.73 Å². The van der Waals surface area contributed by atoms with Crippen LogP contribution in [0.2, 0.25) is 0 Å². The van der Waals surface area contributed by atoms with Gasteiger partial charge in [0.15, 0.2) is 11.5 Å². The standard InChI is InChI=1S/C14H14N2O5S/c15-10-12(19)16-11(14(20)21)7(5-22-13(10)16)3-6-1-2-8(17)9(18)4-6/h1-2,4,10,13,17-18H,3,5,15H2,(H,20,21)/t10?,13-/m0/s1. The third-order valence-corrected chi connectivity index (χ3v) is 5.11. The Morgan fingerprint density at radius 1 is 1.36 bits per heavy atom. The molecule has 2 aliphatic rings. The van der Waals surface area contributed by atoms with Crippen LogP contribution >= 0.6 is 11.8 Å². The van der Waals surface area contributed by atoms with Gasteiger partial charge in [-0.3, -0.25) is 9.69 Å². The van der Waals surface area contributed by atoms with Gasteiger partial charge in [-0.1, -0.05) is 6.07 Å². The molecule has 2 aliphatic heterocycles. The molecule has 0 aliphatic carbocycles. The molecule has 0 radical (unpaired) electrons. The maximum atomic E-state index is 11.8. The highest BCUT2D eigenvalue weighted by Gasteiger charge is 2.51. The first kappa shape index (κ1) is 14.7. The second-order valence-electron chi connectivity index (χ2n) is 5.19. The molecule has 22 heavy (non-hydrogen) atoms. The Labute approximate surface area is 130 Å². The fourth-order valence-electron chi connectivity index (χ4n) is 2.64. The average molecular weight is 322 g/mol. The monoisotopic (exact) mass is 322 g/mol. The van der Waals surface area contributed by atoms with E-state index in [1.807, 2.05) is 0 Å². The van der Waals surface area contributed by atoms with Gasteiger partial charge in [0, 0.05) is 5.75 Å². The summed E-state index contributed by atoms with van der Waals surface area (Å²) in [6, 6.07) is 3.66. The first-order valence-electron chi connectivity index (χ1n) is 6.56. The van der Waals surface area contributed by atoms with Crippen LogP contribution in [0.4, 0.5) is 0 Å². The molecular weight excluding hydrogens is 308 g/mol. The average Bonchev–Trinajstić information content (AvgIpc) is 2.49. The predicted molar refractivity (Wildman–Crippen MR) is 79.2 cm³/mol. The molecule has 3 rings (SSSR count). The summed E-state index contributed by atoms with van der Waals surface area (Å²) < 4.78 is 0. The molecule has 0 bridgehead atoms. The molecule has 2 heterocycles. The molecule has 0 saturated carbocycles. The molecule has 1 aromatic rings. The highest BCUT2D eigenvalue weighted by atomic mass is 32.2. The van der Waals surface area contributed by atoms with Crippen molar-refractivity contribution in [1.82, 2.24) is 4.90 Å². The van der Waals surface area contributed by atoms with Gasteiger partial charge in [0.25, 0.3) is 0 Å². The summed E-state index contributed by atoms with van der Waals surface area (Å²) in [5, 5.41) is 27.9. The summed E-state index contributed by atoms with van der Waals surface area (Å²) in [4.78, 5) is 24.6. The molecule has 7 nitrogen and oxygen atoms in total. The number of β-lactam (4-membered cyclic amide) rings is 1. The van der Waals surface area contributed by atoms with E-state index in [9.17, 15) is 24.9 Å². The van der Waals surface area contributed by atoms with Crippen molar-refractivity contribution in [2.45, 2.75) is 17.8 Å². The zero-order valence-corrected chi connectivity index (χ0v) is 12.2. The van der Waals surface area contributed by atoms with Gasteiger partial charge in [0.05, 0.1) is 0 Å². The van der Waals surface area contributed by atoms with Crippen LogP contribution in [0.5, 0.6) is 11.5 Å². The number of aromatic hydroxyl groups is 2. The van der Waals surface area contributed by atoms with Crippen molar-refractivity contribution < 1.29 is 24.9 Å². The van der Waals surface area contributed by atoms with E-state index in [4.69, 9.17) is 5.73 Å². The number of phenols is 2. The lowest BCUT2D eigenvalue weighted by molar-refractivity contribution is -0.148. The number of aliphatic carboxylic acids is 1. The highest BCUT2D eigenvalue weighted by Crippen LogP contribution is 2.40. The number of carbonyl (C=O) groups excluding carboxylic acids is 1. The van der Waals surface area contributed by atoms with Crippen LogP contribution in [0.3, 0.4) is 0 Å². The molecule has 0 spiro atoms. The molecule has 116 valence electrons. The summed E-state index contributed by atoms with van der Waals surface area (Å²) in [5.41, 5.74) is 6.90. The number of nitrogens with two attached hydrogens (primary N) is 1. The van der Waals surface area contributed by atoms with Crippen LogP contribution in [-0.4, -0.2) is 49.3 Å². The Hall–Kier alpha value is -2.19. The molecule has 1 amide bonds. The van der Waals surface area contributed by atoms with Gasteiger partial charge in [-0.15, -0.1) is 11.8 Å². The lowest BCUT2D eigenvalue weighted by atomic mass is 9.99. The Morgan fingerprint density at radius 3 is 2.73 bits per heavy atom. The fourth-order valence-corrected chi connectivity index (χ4v) is 3.93. The molecule has 5 N–H and O–H groups in total. The number of phenolic OH excluding ortho intramolecular Hbond substituents is 2. The number of carboxylic acids is 1. The summed E-state index contributed by atoms with van der Waals surface area (Å²) in [6.07, 6.45) is 0.272. The summed E-state index contributed by atoms with van der Waals surface area (Å²) >= 11 is 1.43. The van der Waals surface area contributed by atoms with Gasteiger partial charge in [-0.05, 0) is 29.7 Å². The molecule has 8 heteroatoms. The van der Waals surface area contributed by atoms with Crippen molar-refractivity contribution in [3.05, 3.63) is 35.0 Å². The predicted octanol–water partition coefficient (Wildman–Crippen LogP) is 0.221. The van der Waals surface area contributed by atoms with Crippen molar-refractivity contribution in [1.29, 1.82) is 0 Å². The van der Waals surface area contributed by atoms with Gasteiger partial charge in [0.1, 0.15) is 17.1 Å². The number of carbonyl (C=O) groups is 2. The molecule has 1 unspecified atom stereocenters. The molecule has 1 fully saturated rings. The third-order valence-electron chi connectivity index (χ3n) is 3.75. The number of benzene rings is 1. The molecule has 0 aromatic heterocycles. The minimum atomic E-state index is -1.16. The van der Waals surface area contributed by atoms with Gasteiger partial charge in [0.2, 0.25) is 5.91 Å². The molecular formula is C14H14N2O5S. The van der Waals surface area contributed by atoms with Crippen LogP contribution in [0.25, 0.3) is 0 Å². The van der Waals surface area contributed by atoms with Crippen LogP contribution < -0.4 is 5.73 Å². The Bertz CT molecular complexity index is 702. The fraction of sp³-hybridized carbons (Fsp3) is 0.286. The lowest BCUT2D eigenvalue weighted by Gasteiger charge is -2.48. The zero-order chi connectivity index (χ0) is 16.0. The van der Waals surface area contributed by atoms with Crippen LogP contribution in [-0.2, 0) is 16.0 Å². The number of thioether (sulfide) groups is 1. The van der Waals surface area contributed by atoms with Gasteiger partial charge in [-0.2, -0.15) is 0 Å². The van der Waals surface area contributed by atoms with E-state index in [0.717, 1.165) is 0 Å². The molecule has 1 aromatic carbocycles. The van der Waals surface area contributed by atoms with Crippen LogP contribution in [0.1, 0.15) is 5.56 Å². The number of rotatable bonds is 3. The van der Waals surface area contributed by atoms with Crippen molar-refractivity contribution in [3.63, 3.8) is 0 Å². The lowest BCUT2D eigenvalue weighted by Crippen LogP contribution is -2.68. The SMILES string of the molecule is NC1C(=O)N2C(C(=O)O)=C(Cc3ccc(O)c(O)c3)CS[C@@H]12. The summed E-state index contributed by atoms with van der Waals surface area (Å²) in [6.45, 7) is 0. The third kappa shape index (κ3) is 2.20. The van der Waals surface area contributed by atoms with E-state index in [1.54, 1.807) is 6.07 Å². The van der Waals surface area contributed by atoms with Crippen molar-refractivity contribution in [2.75, 3.05) is 5.75 Å². The van der Waals surface area contributed by atoms with E-state index in [0.29, 0.717) is 16.9 Å². The second kappa shape index (κ2) is 5.22. The summed E-state index contributed by atoms with van der Waals surface area (Å²) in [7, 11) is 0. The minimum Gasteiger partial charge on any atom is -0.504 e. The molecule has 1 saturated heterocycles. The van der Waals surface area contributed by atoms with E-state index in [2.05, 4.69) is 0 Å². The quantitative estimate of drug-likeness (QED) is 0.463. The first-order chi connectivity index (χ1) is 10.4. The number of nitrogens with zero attached hydrogens (tertiary/aromatic N) is 1. The number of fused-ring (bicyclic) bond motifs is 1. The van der Waals surface area contributed by atoms with E-state index >= 15 is 0 Å². The molecule has 2 atom stereocenters. The van der Waals surface area contributed by atoms with Crippen LogP contribution in [0.15, 0.2) is 29.5 Å². The zero-order valence-electron chi connectivity index (χ0n) is 11.4.